The number of nitrogens with zero attached hydrogens (tertiary/aromatic N) is 1. The van der Waals surface area contributed by atoms with Gasteiger partial charge in [-0.25, -0.2) is 4.98 Å². The molecule has 1 heterocycles. The highest BCUT2D eigenvalue weighted by Crippen LogP contribution is 2.16. The summed E-state index contributed by atoms with van der Waals surface area (Å²) in [6.45, 7) is 3.91. The van der Waals surface area contributed by atoms with Crippen molar-refractivity contribution < 1.29 is 14.3 Å². The smallest absolute Gasteiger partial charge is 0.244 e. The van der Waals surface area contributed by atoms with Gasteiger partial charge in [-0.3, -0.25) is 9.59 Å². The van der Waals surface area contributed by atoms with Gasteiger partial charge in [0.1, 0.15) is 18.4 Å². The van der Waals surface area contributed by atoms with Gasteiger partial charge in [-0.05, 0) is 37.6 Å². The van der Waals surface area contributed by atoms with Crippen LogP contribution in [0.25, 0.3) is 6.08 Å². The normalized spacial score (nSPS) is 12.1. The van der Waals surface area contributed by atoms with Gasteiger partial charge in [0.15, 0.2) is 0 Å². The molecule has 2 amide bonds. The summed E-state index contributed by atoms with van der Waals surface area (Å²) in [7, 11) is 0. The molecule has 2 aromatic rings. The molecular weight excluding hydrogens is 326 g/mol. The predicted molar refractivity (Wildman–Crippen MR) is 93.5 cm³/mol. The SMILES string of the molecule is Cc1nc(COc2ccc(C=CC(=O)NC(C)C(N)=O)cc2)cs1. The summed E-state index contributed by atoms with van der Waals surface area (Å²) < 4.78 is 5.65. The third-order valence-corrected chi connectivity index (χ3v) is 3.97. The number of thiazole rings is 1. The van der Waals surface area contributed by atoms with Crippen LogP contribution in [0.5, 0.6) is 5.75 Å². The van der Waals surface area contributed by atoms with Crippen molar-refractivity contribution in [1.82, 2.24) is 10.3 Å². The number of primary amides is 1. The Morgan fingerprint density at radius 3 is 2.67 bits per heavy atom. The molecule has 1 aromatic heterocycles. The Bertz CT molecular complexity index is 738. The van der Waals surface area contributed by atoms with E-state index in [0.29, 0.717) is 6.61 Å². The second kappa shape index (κ2) is 8.26. The average Bonchev–Trinajstić information content (AvgIpc) is 2.97. The van der Waals surface area contributed by atoms with E-state index < -0.39 is 11.9 Å². The van der Waals surface area contributed by atoms with Crippen LogP contribution in [-0.2, 0) is 16.2 Å². The van der Waals surface area contributed by atoms with Gasteiger partial charge in [0, 0.05) is 11.5 Å². The number of ether oxygens (including phenoxy) is 1. The van der Waals surface area contributed by atoms with Crippen molar-refractivity contribution in [1.29, 1.82) is 0 Å². The zero-order chi connectivity index (χ0) is 17.5. The number of amides is 2. The van der Waals surface area contributed by atoms with Gasteiger partial charge in [-0.2, -0.15) is 0 Å². The lowest BCUT2D eigenvalue weighted by molar-refractivity contribution is -0.124. The molecule has 1 aromatic carbocycles. The summed E-state index contributed by atoms with van der Waals surface area (Å²) in [5, 5.41) is 5.45. The third-order valence-electron chi connectivity index (χ3n) is 3.15. The molecule has 0 bridgehead atoms. The van der Waals surface area contributed by atoms with E-state index in [0.717, 1.165) is 22.0 Å². The number of carbonyl (C=O) groups is 2. The minimum atomic E-state index is -0.702. The molecule has 0 spiro atoms. The quantitative estimate of drug-likeness (QED) is 0.751. The Balaban J connectivity index is 1.86. The lowest BCUT2D eigenvalue weighted by Crippen LogP contribution is -2.41. The van der Waals surface area contributed by atoms with E-state index in [2.05, 4.69) is 10.3 Å². The van der Waals surface area contributed by atoms with E-state index in [-0.39, 0.29) is 5.91 Å². The molecule has 24 heavy (non-hydrogen) atoms. The number of carbonyl (C=O) groups excluding carboxylic acids is 2. The van der Waals surface area contributed by atoms with Crippen molar-refractivity contribution in [2.45, 2.75) is 26.5 Å². The van der Waals surface area contributed by atoms with Gasteiger partial charge < -0.3 is 15.8 Å². The van der Waals surface area contributed by atoms with Gasteiger partial charge >= 0.3 is 0 Å². The van der Waals surface area contributed by atoms with Crippen LogP contribution < -0.4 is 15.8 Å². The second-order valence-corrected chi connectivity index (χ2v) is 6.24. The Morgan fingerprint density at radius 1 is 1.38 bits per heavy atom. The molecule has 3 N–H and O–H groups in total. The summed E-state index contributed by atoms with van der Waals surface area (Å²) in [4.78, 5) is 26.8. The van der Waals surface area contributed by atoms with Crippen LogP contribution in [0, 0.1) is 6.92 Å². The fraction of sp³-hybridized carbons (Fsp3) is 0.235. The van der Waals surface area contributed by atoms with Crippen molar-refractivity contribution in [2.75, 3.05) is 0 Å². The predicted octanol–water partition coefficient (Wildman–Crippen LogP) is 2.03. The summed E-state index contributed by atoms with van der Waals surface area (Å²) in [6.07, 6.45) is 3.00. The van der Waals surface area contributed by atoms with Crippen LogP contribution in [0.4, 0.5) is 0 Å². The van der Waals surface area contributed by atoms with Crippen molar-refractivity contribution in [3.8, 4) is 5.75 Å². The molecule has 0 fully saturated rings. The number of hydrogen-bond acceptors (Lipinski definition) is 5. The summed E-state index contributed by atoms with van der Waals surface area (Å²) in [5.41, 5.74) is 6.83. The van der Waals surface area contributed by atoms with Crippen molar-refractivity contribution in [3.05, 3.63) is 52.0 Å². The minimum absolute atomic E-state index is 0.375. The van der Waals surface area contributed by atoms with E-state index >= 15 is 0 Å². The second-order valence-electron chi connectivity index (χ2n) is 5.18. The molecule has 0 saturated carbocycles. The molecule has 1 atom stereocenters. The monoisotopic (exact) mass is 345 g/mol. The molecule has 0 saturated heterocycles. The van der Waals surface area contributed by atoms with Crippen LogP contribution in [-0.4, -0.2) is 22.8 Å². The lowest BCUT2D eigenvalue weighted by atomic mass is 10.2. The molecule has 1 unspecified atom stereocenters. The first-order valence-corrected chi connectivity index (χ1v) is 8.24. The molecule has 0 aliphatic rings. The molecule has 2 rings (SSSR count). The number of hydrogen-bond donors (Lipinski definition) is 2. The Kier molecular flexibility index (Phi) is 6.08. The molecule has 0 aliphatic carbocycles. The van der Waals surface area contributed by atoms with Crippen molar-refractivity contribution >= 4 is 29.2 Å². The van der Waals surface area contributed by atoms with Crippen molar-refractivity contribution in [3.63, 3.8) is 0 Å². The van der Waals surface area contributed by atoms with Gasteiger partial charge in [-0.1, -0.05) is 12.1 Å². The fourth-order valence-electron chi connectivity index (χ4n) is 1.81. The maximum absolute atomic E-state index is 11.6. The Labute approximate surface area is 144 Å². The summed E-state index contributed by atoms with van der Waals surface area (Å²) in [6, 6.07) is 6.62. The highest BCUT2D eigenvalue weighted by molar-refractivity contribution is 7.09. The number of nitrogens with one attached hydrogen (secondary N) is 1. The third kappa shape index (κ3) is 5.51. The van der Waals surface area contributed by atoms with Gasteiger partial charge in [0.25, 0.3) is 0 Å². The molecule has 6 nitrogen and oxygen atoms in total. The Hall–Kier alpha value is -2.67. The van der Waals surface area contributed by atoms with Crippen LogP contribution in [0.1, 0.15) is 23.2 Å². The zero-order valence-electron chi connectivity index (χ0n) is 13.5. The first-order valence-electron chi connectivity index (χ1n) is 7.36. The van der Waals surface area contributed by atoms with Crippen LogP contribution in [0.15, 0.2) is 35.7 Å². The van der Waals surface area contributed by atoms with E-state index in [1.54, 1.807) is 17.4 Å². The van der Waals surface area contributed by atoms with E-state index in [1.165, 1.54) is 13.0 Å². The highest BCUT2D eigenvalue weighted by Gasteiger charge is 2.09. The van der Waals surface area contributed by atoms with Gasteiger partial charge in [0.05, 0.1) is 10.7 Å². The summed E-state index contributed by atoms with van der Waals surface area (Å²) in [5.74, 6) is -0.223. The van der Waals surface area contributed by atoms with Gasteiger partial charge in [0.2, 0.25) is 11.8 Å². The molecule has 7 heteroatoms. The standard InChI is InChI=1S/C17H19N3O3S/c1-11(17(18)22)19-16(21)8-5-13-3-6-15(7-4-13)23-9-14-10-24-12(2)20-14/h3-8,10-11H,9H2,1-2H3,(H2,18,22)(H,19,21). The number of benzene rings is 1. The maximum Gasteiger partial charge on any atom is 0.244 e. The molecule has 126 valence electrons. The highest BCUT2D eigenvalue weighted by atomic mass is 32.1. The fourth-order valence-corrected chi connectivity index (χ4v) is 2.41. The average molecular weight is 345 g/mol. The number of rotatable bonds is 7. The largest absolute Gasteiger partial charge is 0.487 e. The summed E-state index contributed by atoms with van der Waals surface area (Å²) >= 11 is 1.59. The van der Waals surface area contributed by atoms with E-state index in [1.807, 2.05) is 36.6 Å². The van der Waals surface area contributed by atoms with Crippen LogP contribution in [0.2, 0.25) is 0 Å². The van der Waals surface area contributed by atoms with Gasteiger partial charge in [-0.15, -0.1) is 11.3 Å². The molecular formula is C17H19N3O3S. The number of nitrogens with two attached hydrogens (primary N) is 1. The maximum atomic E-state index is 11.6. The molecule has 0 aliphatic heterocycles. The van der Waals surface area contributed by atoms with Crippen LogP contribution in [0.3, 0.4) is 0 Å². The van der Waals surface area contributed by atoms with Crippen LogP contribution >= 0.6 is 11.3 Å². The van der Waals surface area contributed by atoms with E-state index in [4.69, 9.17) is 10.5 Å². The minimum Gasteiger partial charge on any atom is -0.487 e. The topological polar surface area (TPSA) is 94.3 Å². The van der Waals surface area contributed by atoms with E-state index in [9.17, 15) is 9.59 Å². The first-order chi connectivity index (χ1) is 11.4. The van der Waals surface area contributed by atoms with Crippen molar-refractivity contribution in [2.24, 2.45) is 5.73 Å². The molecule has 0 radical (unpaired) electrons. The lowest BCUT2D eigenvalue weighted by Gasteiger charge is -2.07. The first kappa shape index (κ1) is 17.7. The zero-order valence-corrected chi connectivity index (χ0v) is 14.3. The number of aryl methyl sites for hydroxylation is 1. The number of aromatic nitrogens is 1. The Morgan fingerprint density at radius 2 is 2.08 bits per heavy atom.